The second kappa shape index (κ2) is 53.9. The Balaban J connectivity index is 0.000000197. The highest BCUT2D eigenvalue weighted by atomic mass is 16.5. The molecule has 6 aliphatic heterocycles. The van der Waals surface area contributed by atoms with E-state index in [9.17, 15) is 19.2 Å². The van der Waals surface area contributed by atoms with E-state index in [1.807, 2.05) is 64.4 Å². The maximum absolute atomic E-state index is 12.2. The van der Waals surface area contributed by atoms with Crippen LogP contribution < -0.4 is 15.5 Å². The van der Waals surface area contributed by atoms with Gasteiger partial charge in [-0.15, -0.1) is 0 Å². The number of aryl methyl sites for hydroxylation is 1. The number of likely N-dealkylation sites (tertiary alicyclic amines) is 1. The number of ether oxygens (including phenoxy) is 2. The third kappa shape index (κ3) is 39.4. The Morgan fingerprint density at radius 2 is 0.721 bits per heavy atom. The molecule has 15 rings (SSSR count). The number of aromatic nitrogens is 1. The van der Waals surface area contributed by atoms with Gasteiger partial charge in [0.25, 0.3) is 11.8 Å². The molecule has 2 N–H and O–H groups in total. The third-order valence-corrected chi connectivity index (χ3v) is 27.0. The number of carbonyl (C=O) groups excluding carboxylic acids is 4. The molecule has 0 aliphatic carbocycles. The fourth-order valence-corrected chi connectivity index (χ4v) is 17.2. The van der Waals surface area contributed by atoms with Crippen LogP contribution in [0.25, 0.3) is 22.5 Å². The van der Waals surface area contributed by atoms with Crippen molar-refractivity contribution in [3.8, 4) is 0 Å². The molecule has 0 atom stereocenters. The van der Waals surface area contributed by atoms with E-state index in [1.165, 1.54) is 144 Å². The molecule has 6 aliphatic rings. The first-order chi connectivity index (χ1) is 65.8. The first kappa shape index (κ1) is 115. The number of rotatable bonds is 16. The molecule has 6 fully saturated rings. The number of hydrogen-bond donors (Lipinski definition) is 2. The van der Waals surface area contributed by atoms with E-state index < -0.39 is 0 Å². The van der Waals surface area contributed by atoms with Crippen LogP contribution >= 0.6 is 0 Å². The van der Waals surface area contributed by atoms with Gasteiger partial charge >= 0.3 is 0 Å². The quantitative estimate of drug-likeness (QED) is 0.0880. The monoisotopic (exact) mass is 1910 g/mol. The van der Waals surface area contributed by atoms with Gasteiger partial charge in [0.1, 0.15) is 11.3 Å². The lowest BCUT2D eigenvalue weighted by atomic mass is 9.86. The van der Waals surface area contributed by atoms with Crippen LogP contribution in [0.3, 0.4) is 0 Å². The summed E-state index contributed by atoms with van der Waals surface area (Å²) >= 11 is 0. The van der Waals surface area contributed by atoms with E-state index in [0.29, 0.717) is 32.7 Å². The van der Waals surface area contributed by atoms with Crippen molar-refractivity contribution in [1.29, 1.82) is 0 Å². The van der Waals surface area contributed by atoms with E-state index in [-0.39, 0.29) is 66.8 Å². The van der Waals surface area contributed by atoms with Gasteiger partial charge in [0, 0.05) is 146 Å². The van der Waals surface area contributed by atoms with Gasteiger partial charge in [0.15, 0.2) is 12.0 Å². The number of fused-ring (bicyclic) bond motifs is 1. The minimum absolute atomic E-state index is 0.0161. The molecule has 17 nitrogen and oxygen atoms in total. The number of amides is 3. The molecular formula is C123H180N10O7. The summed E-state index contributed by atoms with van der Waals surface area (Å²) in [5.41, 5.74) is 24.2. The van der Waals surface area contributed by atoms with Gasteiger partial charge in [-0.3, -0.25) is 24.2 Å². The van der Waals surface area contributed by atoms with Crippen LogP contribution in [0.5, 0.6) is 0 Å². The van der Waals surface area contributed by atoms with Gasteiger partial charge in [-0.05, 0) is 230 Å². The summed E-state index contributed by atoms with van der Waals surface area (Å²) in [5.74, 6) is 0.547. The van der Waals surface area contributed by atoms with E-state index >= 15 is 0 Å². The van der Waals surface area contributed by atoms with Crippen LogP contribution in [0.1, 0.15) is 319 Å². The lowest BCUT2D eigenvalue weighted by molar-refractivity contribution is -0.130. The van der Waals surface area contributed by atoms with E-state index in [4.69, 9.17) is 13.9 Å². The van der Waals surface area contributed by atoms with Crippen molar-refractivity contribution in [3.63, 3.8) is 0 Å². The van der Waals surface area contributed by atoms with Gasteiger partial charge < -0.3 is 53.8 Å². The summed E-state index contributed by atoms with van der Waals surface area (Å²) in [4.78, 5) is 66.5. The van der Waals surface area contributed by atoms with Gasteiger partial charge in [0.2, 0.25) is 5.91 Å². The molecule has 1 aromatic heterocycles. The van der Waals surface area contributed by atoms with Crippen LogP contribution in [0.2, 0.25) is 0 Å². The van der Waals surface area contributed by atoms with Crippen molar-refractivity contribution < 1.29 is 33.1 Å². The maximum Gasteiger partial charge on any atom is 0.254 e. The number of Topliss-reactive ketones (excluding diaryl/α,β-unsaturated/α-hetero) is 1. The summed E-state index contributed by atoms with van der Waals surface area (Å²) < 4.78 is 15.8. The van der Waals surface area contributed by atoms with Crippen molar-refractivity contribution in [3.05, 3.63) is 285 Å². The Bertz CT molecular complexity index is 5110. The van der Waals surface area contributed by atoms with Crippen molar-refractivity contribution >= 4 is 51.7 Å². The zero-order chi connectivity index (χ0) is 103. The molecule has 0 spiro atoms. The second-order valence-corrected chi connectivity index (χ2v) is 47.0. The number of ketones is 1. The lowest BCUT2D eigenvalue weighted by Crippen LogP contribution is -2.47. The minimum Gasteiger partial charge on any atom is -0.443 e. The molecule has 140 heavy (non-hydrogen) atoms. The molecule has 6 saturated heterocycles. The fourth-order valence-electron chi connectivity index (χ4n) is 17.2. The normalized spacial score (nSPS) is 15.9. The second-order valence-electron chi connectivity index (χ2n) is 47.0. The summed E-state index contributed by atoms with van der Waals surface area (Å²) in [7, 11) is 0. The van der Waals surface area contributed by atoms with Gasteiger partial charge in [-0.2, -0.15) is 0 Å². The number of piperazine rings is 2. The molecular weight excluding hydrogens is 1730 g/mol. The highest BCUT2D eigenvalue weighted by Gasteiger charge is 2.27. The topological polar surface area (TPSA) is 160 Å². The number of oxazole rings is 1. The number of nitrogens with one attached hydrogen (secondary N) is 2. The fraction of sp³-hybridized carbons (Fsp3) is 0.537. The SMILES string of the molecule is C=C(c1ccc(C(C)(C)C)cc1)N1CCN(C(C)=O)CC1.C=C(c1ccc(C(C)(C)C)cc1)N1CCNCC1.CC(=O)CCc1ccc(C(C)(C)C)cc1.CC(C)(C)c1ccc(C(=O)N2CCOCC2)cc1.CC(C)(C)c1ccc(C(=O)NCCCN2CCOCC2)cc1.CC(C)(C)c1ccc(CN2CCCCC2)cc1.CC(C)(C)c1ccc(N2CCCCC2)cc1.CC(C)(C)c1ccc2ocnc2c1. The molecule has 8 aromatic carbocycles. The molecule has 7 heterocycles. The molecule has 0 bridgehead atoms. The molecule has 3 amide bonds. The van der Waals surface area contributed by atoms with E-state index in [1.54, 1.807) is 13.8 Å². The maximum atomic E-state index is 12.2. The van der Waals surface area contributed by atoms with Crippen LogP contribution in [-0.2, 0) is 75.3 Å². The Hall–Kier alpha value is -10.0. The van der Waals surface area contributed by atoms with Crippen LogP contribution in [-0.4, -0.2) is 202 Å². The number of anilines is 1. The summed E-state index contributed by atoms with van der Waals surface area (Å²) in [6, 6.07) is 66.4. The van der Waals surface area contributed by atoms with Crippen molar-refractivity contribution in [2.75, 3.05) is 149 Å². The summed E-state index contributed by atoms with van der Waals surface area (Å²) in [6.45, 7) is 86.7. The number of hydrogen-bond acceptors (Lipinski definition) is 14. The van der Waals surface area contributed by atoms with Gasteiger partial charge in [-0.1, -0.05) is 325 Å². The Kier molecular flexibility index (Phi) is 44.4. The molecule has 0 radical (unpaired) electrons. The van der Waals surface area contributed by atoms with Crippen molar-refractivity contribution in [2.45, 2.75) is 288 Å². The molecule has 9 aromatic rings. The van der Waals surface area contributed by atoms with Crippen LogP contribution in [0.15, 0.2) is 212 Å². The lowest BCUT2D eigenvalue weighted by Gasteiger charge is -2.36. The number of nitrogens with zero attached hydrogens (tertiary/aromatic N) is 8. The third-order valence-electron chi connectivity index (χ3n) is 27.0. The van der Waals surface area contributed by atoms with Gasteiger partial charge in [0.05, 0.1) is 26.4 Å². The van der Waals surface area contributed by atoms with Crippen molar-refractivity contribution in [1.82, 2.24) is 45.0 Å². The standard InChI is InChI=1S/C18H28N2O2.C18H26N2O.C16H24N2.C16H25N.C15H21NO2.C15H23N.C14H20O.C11H13NO/c1-18(2,3)16-7-5-15(6-8-16)17(21)19-9-4-10-20-11-13-22-14-12-20;1-14(19-10-12-20(13-11-19)15(2)21)16-6-8-17(9-7-16)18(3,4)5;1-13(18-11-9-17-10-12-18)14-5-7-15(8-6-14)16(2,3)4;1-16(2,3)15-9-7-14(8-10-15)13-17-11-5-4-6-12-17;1-15(2,3)13-6-4-12(5-7-13)14(17)16-8-10-18-11-9-16;1-15(2,3)13-7-9-14(10-8-13)16-11-5-4-6-12-16;1-11(15)5-6-12-7-9-13(10-8-12)14(2,3)4;1-11(2,3)8-4-5-10-9(6-8)12-7-13-10/h5-8H,4,9-14H2,1-3H3,(H,19,21);6-9H,1,10-13H2,2-5H3;5-8,17H,1,9-12H2,2-4H3;7-10H,4-6,11-13H2,1-3H3;4-7H,8-11H2,1-3H3;7-10H,4-6,11-12H2,1-3H3;7-10H,5-6H2,1-4H3;4-7H,1-3H3. The first-order valence-electron chi connectivity index (χ1n) is 52.1. The first-order valence-corrected chi connectivity index (χ1v) is 52.1. The minimum atomic E-state index is 0.0161. The molecule has 0 unspecified atom stereocenters. The van der Waals surface area contributed by atoms with E-state index in [0.717, 1.165) is 145 Å². The predicted molar refractivity (Wildman–Crippen MR) is 590 cm³/mol. The zero-order valence-electron chi connectivity index (χ0n) is 91.5. The van der Waals surface area contributed by atoms with Gasteiger partial charge in [-0.25, -0.2) is 4.98 Å². The highest BCUT2D eigenvalue weighted by molar-refractivity contribution is 5.95. The average molecular weight is 1910 g/mol. The predicted octanol–water partition coefficient (Wildman–Crippen LogP) is 25.4. The summed E-state index contributed by atoms with van der Waals surface area (Å²) in [5, 5.41) is 6.37. The smallest absolute Gasteiger partial charge is 0.254 e. The number of benzene rings is 8. The Morgan fingerprint density at radius 1 is 0.364 bits per heavy atom. The molecule has 0 saturated carbocycles. The van der Waals surface area contributed by atoms with Crippen molar-refractivity contribution in [2.24, 2.45) is 0 Å². The van der Waals surface area contributed by atoms with Crippen LogP contribution in [0.4, 0.5) is 5.69 Å². The summed E-state index contributed by atoms with van der Waals surface area (Å²) in [6.07, 6.45) is 12.2. The largest absolute Gasteiger partial charge is 0.443 e. The molecule has 17 heteroatoms. The highest BCUT2D eigenvalue weighted by Crippen LogP contribution is 2.33. The number of morpholine rings is 2. The Morgan fingerprint density at radius 3 is 1.13 bits per heavy atom. The average Bonchev–Trinajstić information content (AvgIpc) is 1.37. The van der Waals surface area contributed by atoms with Crippen LogP contribution in [0, 0.1) is 0 Å². The zero-order valence-corrected chi connectivity index (χ0v) is 91.5. The number of piperidine rings is 2. The van der Waals surface area contributed by atoms with E-state index in [2.05, 4.69) is 353 Å². The molecule has 764 valence electrons. The Labute approximate surface area is 846 Å². The number of carbonyl (C=O) groups is 4.